The summed E-state index contributed by atoms with van der Waals surface area (Å²) in [5, 5.41) is 11.9. The summed E-state index contributed by atoms with van der Waals surface area (Å²) in [6.07, 6.45) is 3.93. The summed E-state index contributed by atoms with van der Waals surface area (Å²) in [4.78, 5) is 2.25. The van der Waals surface area contributed by atoms with Crippen LogP contribution in [-0.2, 0) is 0 Å². The molecular weight excluding hydrogens is 214 g/mol. The minimum atomic E-state index is 0.855. The predicted molar refractivity (Wildman–Crippen MR) is 66.4 cm³/mol. The highest BCUT2D eigenvalue weighted by Crippen LogP contribution is 2.12. The molecule has 5 heteroatoms. The molecule has 0 unspecified atom stereocenters. The van der Waals surface area contributed by atoms with Crippen molar-refractivity contribution in [2.45, 2.75) is 0 Å². The number of aromatic nitrogens is 3. The predicted octanol–water partition coefficient (Wildman–Crippen LogP) is 0.677. The molecule has 1 saturated heterocycles. The number of hydrogen-bond acceptors (Lipinski definition) is 4. The van der Waals surface area contributed by atoms with E-state index in [0.717, 1.165) is 37.8 Å². The zero-order chi connectivity index (χ0) is 11.5. The maximum Gasteiger partial charge on any atom is 0.159 e. The average molecular weight is 229 g/mol. The van der Waals surface area contributed by atoms with E-state index in [4.69, 9.17) is 0 Å². The Morgan fingerprint density at radius 2 is 1.59 bits per heavy atom. The van der Waals surface area contributed by atoms with Gasteiger partial charge in [-0.25, -0.2) is 0 Å². The van der Waals surface area contributed by atoms with Crippen LogP contribution >= 0.6 is 0 Å². The zero-order valence-corrected chi connectivity index (χ0v) is 9.58. The van der Waals surface area contributed by atoms with Crippen LogP contribution in [0.4, 0.5) is 5.82 Å². The lowest BCUT2D eigenvalue weighted by Gasteiger charge is -2.27. The third kappa shape index (κ3) is 2.14. The quantitative estimate of drug-likeness (QED) is 0.822. The van der Waals surface area contributed by atoms with Crippen molar-refractivity contribution in [1.82, 2.24) is 20.1 Å². The highest BCUT2D eigenvalue weighted by Gasteiger charge is 2.11. The van der Waals surface area contributed by atoms with Crippen LogP contribution < -0.4 is 10.2 Å². The van der Waals surface area contributed by atoms with Gasteiger partial charge < -0.3 is 14.8 Å². The minimum Gasteiger partial charge on any atom is -0.353 e. The van der Waals surface area contributed by atoms with Gasteiger partial charge in [0.05, 0.1) is 0 Å². The summed E-state index contributed by atoms with van der Waals surface area (Å²) in [6, 6.07) is 8.00. The molecular formula is C12H15N5. The molecule has 0 saturated carbocycles. The second-order valence-corrected chi connectivity index (χ2v) is 4.08. The Kier molecular flexibility index (Phi) is 2.75. The Hall–Kier alpha value is -1.88. The number of rotatable bonds is 2. The monoisotopic (exact) mass is 229 g/mol. The van der Waals surface area contributed by atoms with Gasteiger partial charge >= 0.3 is 0 Å². The normalized spacial score (nSPS) is 16.1. The molecule has 1 aliphatic heterocycles. The van der Waals surface area contributed by atoms with Gasteiger partial charge in [-0.05, 0) is 24.3 Å². The van der Waals surface area contributed by atoms with E-state index in [1.54, 1.807) is 0 Å². The Labute approximate surface area is 100 Å². The van der Waals surface area contributed by atoms with E-state index in [9.17, 15) is 0 Å². The number of nitrogens with one attached hydrogen (secondary N) is 1. The summed E-state index contributed by atoms with van der Waals surface area (Å²) >= 11 is 0. The Bertz CT molecular complexity index is 456. The van der Waals surface area contributed by atoms with Crippen molar-refractivity contribution in [2.75, 3.05) is 31.1 Å². The first-order valence-electron chi connectivity index (χ1n) is 5.86. The maximum absolute atomic E-state index is 4.29. The number of hydrogen-bond donors (Lipinski definition) is 1. The summed E-state index contributed by atoms with van der Waals surface area (Å²) in [7, 11) is 0. The molecule has 88 valence electrons. The summed E-state index contributed by atoms with van der Waals surface area (Å²) in [5.74, 6) is 1.82. The van der Waals surface area contributed by atoms with Crippen molar-refractivity contribution in [3.63, 3.8) is 0 Å². The molecule has 0 radical (unpaired) electrons. The highest BCUT2D eigenvalue weighted by molar-refractivity contribution is 5.40. The van der Waals surface area contributed by atoms with Crippen LogP contribution in [0.25, 0.3) is 5.82 Å². The van der Waals surface area contributed by atoms with E-state index in [-0.39, 0.29) is 0 Å². The van der Waals surface area contributed by atoms with Crippen LogP contribution in [0.2, 0.25) is 0 Å². The van der Waals surface area contributed by atoms with E-state index in [1.165, 1.54) is 0 Å². The van der Waals surface area contributed by atoms with Gasteiger partial charge in [0.15, 0.2) is 11.6 Å². The number of nitrogens with zero attached hydrogens (tertiary/aromatic N) is 4. The molecule has 2 aromatic heterocycles. The van der Waals surface area contributed by atoms with Crippen molar-refractivity contribution in [3.05, 3.63) is 36.7 Å². The van der Waals surface area contributed by atoms with Crippen molar-refractivity contribution in [2.24, 2.45) is 0 Å². The topological polar surface area (TPSA) is 46.0 Å². The van der Waals surface area contributed by atoms with Crippen molar-refractivity contribution < 1.29 is 0 Å². The second-order valence-electron chi connectivity index (χ2n) is 4.08. The lowest BCUT2D eigenvalue weighted by Crippen LogP contribution is -2.43. The van der Waals surface area contributed by atoms with Crippen LogP contribution in [0.15, 0.2) is 36.7 Å². The van der Waals surface area contributed by atoms with Gasteiger partial charge in [-0.2, -0.15) is 0 Å². The fourth-order valence-electron chi connectivity index (χ4n) is 2.01. The van der Waals surface area contributed by atoms with E-state index >= 15 is 0 Å². The minimum absolute atomic E-state index is 0.855. The van der Waals surface area contributed by atoms with Gasteiger partial charge in [-0.15, -0.1) is 10.2 Å². The fraction of sp³-hybridized carbons (Fsp3) is 0.333. The van der Waals surface area contributed by atoms with Gasteiger partial charge in [0.25, 0.3) is 0 Å². The molecule has 1 fully saturated rings. The Morgan fingerprint density at radius 1 is 0.941 bits per heavy atom. The molecule has 3 rings (SSSR count). The van der Waals surface area contributed by atoms with Gasteiger partial charge in [0.1, 0.15) is 0 Å². The summed E-state index contributed by atoms with van der Waals surface area (Å²) in [5.41, 5.74) is 0. The average Bonchev–Trinajstić information content (AvgIpc) is 2.94. The van der Waals surface area contributed by atoms with Crippen LogP contribution in [0.5, 0.6) is 0 Å². The van der Waals surface area contributed by atoms with Gasteiger partial charge in [-0.1, -0.05) is 0 Å². The zero-order valence-electron chi connectivity index (χ0n) is 9.58. The molecule has 0 aliphatic carbocycles. The molecule has 1 N–H and O–H groups in total. The molecule has 5 nitrogen and oxygen atoms in total. The Balaban J connectivity index is 1.80. The molecule has 3 heterocycles. The maximum atomic E-state index is 4.29. The van der Waals surface area contributed by atoms with Crippen molar-refractivity contribution >= 4 is 5.82 Å². The molecule has 0 atom stereocenters. The molecule has 2 aromatic rings. The smallest absolute Gasteiger partial charge is 0.159 e. The number of anilines is 1. The Morgan fingerprint density at radius 3 is 2.24 bits per heavy atom. The van der Waals surface area contributed by atoms with Crippen LogP contribution in [0, 0.1) is 0 Å². The van der Waals surface area contributed by atoms with E-state index < -0.39 is 0 Å². The van der Waals surface area contributed by atoms with Crippen LogP contribution in [-0.4, -0.2) is 40.9 Å². The van der Waals surface area contributed by atoms with Crippen molar-refractivity contribution in [3.8, 4) is 5.82 Å². The third-order valence-electron chi connectivity index (χ3n) is 2.95. The van der Waals surface area contributed by atoms with E-state index in [2.05, 4.69) is 20.4 Å². The second kappa shape index (κ2) is 4.55. The van der Waals surface area contributed by atoms with Gasteiger partial charge in [0.2, 0.25) is 0 Å². The van der Waals surface area contributed by atoms with E-state index in [0.29, 0.717) is 0 Å². The SMILES string of the molecule is c1ccn(-c2ccc(N3CCNCC3)nn2)c1. The lowest BCUT2D eigenvalue weighted by atomic mass is 10.3. The lowest BCUT2D eigenvalue weighted by molar-refractivity contribution is 0.582. The van der Waals surface area contributed by atoms with Crippen LogP contribution in [0.1, 0.15) is 0 Å². The first-order valence-corrected chi connectivity index (χ1v) is 5.86. The molecule has 0 amide bonds. The van der Waals surface area contributed by atoms with Crippen molar-refractivity contribution in [1.29, 1.82) is 0 Å². The summed E-state index contributed by atoms with van der Waals surface area (Å²) in [6.45, 7) is 4.02. The largest absolute Gasteiger partial charge is 0.353 e. The molecule has 0 spiro atoms. The first kappa shape index (κ1) is 10.3. The first-order chi connectivity index (χ1) is 8.43. The number of piperazine rings is 1. The summed E-state index contributed by atoms with van der Waals surface area (Å²) < 4.78 is 1.95. The standard InChI is InChI=1S/C12H15N5/c1-2-8-16(7-1)11-3-4-12(15-14-11)17-9-5-13-6-10-17/h1-4,7-8,13H,5-6,9-10H2. The highest BCUT2D eigenvalue weighted by atomic mass is 15.3. The molecule has 0 bridgehead atoms. The van der Waals surface area contributed by atoms with Gasteiger partial charge in [0, 0.05) is 38.6 Å². The molecule has 0 aromatic carbocycles. The fourth-order valence-corrected chi connectivity index (χ4v) is 2.01. The third-order valence-corrected chi connectivity index (χ3v) is 2.95. The van der Waals surface area contributed by atoms with Crippen LogP contribution in [0.3, 0.4) is 0 Å². The van der Waals surface area contributed by atoms with Gasteiger partial charge in [-0.3, -0.25) is 0 Å². The van der Waals surface area contributed by atoms with E-state index in [1.807, 2.05) is 41.2 Å². The molecule has 1 aliphatic rings. The molecule has 17 heavy (non-hydrogen) atoms.